The molecule has 0 N–H and O–H groups in total. The summed E-state index contributed by atoms with van der Waals surface area (Å²) in [5, 5.41) is -0.681. The summed E-state index contributed by atoms with van der Waals surface area (Å²) in [6.07, 6.45) is -0.899. The van der Waals surface area contributed by atoms with E-state index in [-0.39, 0.29) is 29.4 Å². The maximum atomic E-state index is 11.3. The number of benzene rings is 1. The molecular formula is C12H13ClO6. The third kappa shape index (κ3) is 3.75. The zero-order valence-electron chi connectivity index (χ0n) is 10.7. The molecule has 7 heteroatoms. The average Bonchev–Trinajstić information content (AvgIpc) is 2.38. The van der Waals surface area contributed by atoms with Gasteiger partial charge in [0.05, 0.1) is 20.8 Å². The molecule has 0 unspecified atom stereocenters. The molecule has 0 aliphatic heterocycles. The maximum Gasteiger partial charge on any atom is 0.514 e. The minimum atomic E-state index is -0.899. The van der Waals surface area contributed by atoms with Crippen molar-refractivity contribution >= 4 is 23.0 Å². The predicted molar refractivity (Wildman–Crippen MR) is 67.4 cm³/mol. The Bertz CT molecular complexity index is 460. The second-order valence-corrected chi connectivity index (χ2v) is 3.61. The van der Waals surface area contributed by atoms with Crippen molar-refractivity contribution in [1.82, 2.24) is 0 Å². The summed E-state index contributed by atoms with van der Waals surface area (Å²) in [4.78, 5) is 22.5. The second kappa shape index (κ2) is 6.84. The molecule has 0 heterocycles. The Morgan fingerprint density at radius 2 is 1.68 bits per heavy atom. The first-order valence-corrected chi connectivity index (χ1v) is 5.71. The van der Waals surface area contributed by atoms with E-state index >= 15 is 0 Å². The van der Waals surface area contributed by atoms with Crippen LogP contribution in [0.2, 0.25) is 0 Å². The van der Waals surface area contributed by atoms with Gasteiger partial charge in [0, 0.05) is 5.56 Å². The Balaban J connectivity index is 3.20. The summed E-state index contributed by atoms with van der Waals surface area (Å²) < 4.78 is 19.7. The van der Waals surface area contributed by atoms with Crippen LogP contribution in [0.25, 0.3) is 0 Å². The Labute approximate surface area is 115 Å². The van der Waals surface area contributed by atoms with Crippen LogP contribution < -0.4 is 14.2 Å². The number of carbonyl (C=O) groups is 2. The van der Waals surface area contributed by atoms with E-state index in [0.29, 0.717) is 0 Å². The topological polar surface area (TPSA) is 71.1 Å². The molecular weight excluding hydrogens is 276 g/mol. The first-order valence-electron chi connectivity index (χ1n) is 5.33. The van der Waals surface area contributed by atoms with Crippen molar-refractivity contribution in [3.05, 3.63) is 17.7 Å². The van der Waals surface area contributed by atoms with Crippen LogP contribution in [0.5, 0.6) is 17.2 Å². The van der Waals surface area contributed by atoms with E-state index in [1.807, 2.05) is 0 Å². The summed E-state index contributed by atoms with van der Waals surface area (Å²) in [6.45, 7) is 1.81. The van der Waals surface area contributed by atoms with Crippen molar-refractivity contribution < 1.29 is 28.5 Å². The number of methoxy groups -OCH3 is 2. The van der Waals surface area contributed by atoms with Crippen molar-refractivity contribution in [1.29, 1.82) is 0 Å². The maximum absolute atomic E-state index is 11.3. The molecule has 0 saturated heterocycles. The fourth-order valence-corrected chi connectivity index (χ4v) is 1.43. The first kappa shape index (κ1) is 15.1. The number of hydrogen-bond acceptors (Lipinski definition) is 6. The lowest BCUT2D eigenvalue weighted by Crippen LogP contribution is -2.12. The highest BCUT2D eigenvalue weighted by Gasteiger charge is 2.20. The molecule has 0 saturated carbocycles. The molecule has 1 rings (SSSR count). The molecule has 104 valence electrons. The Kier molecular flexibility index (Phi) is 5.44. The normalized spacial score (nSPS) is 9.68. The van der Waals surface area contributed by atoms with Crippen molar-refractivity contribution in [2.45, 2.75) is 6.92 Å². The SMILES string of the molecule is CCOC(=O)Oc1c(OC)cc(C(=O)Cl)cc1OC. The van der Waals surface area contributed by atoms with Crippen molar-refractivity contribution in [3.63, 3.8) is 0 Å². The van der Waals surface area contributed by atoms with E-state index in [0.717, 1.165) is 0 Å². The highest BCUT2D eigenvalue weighted by molar-refractivity contribution is 6.67. The Hall–Kier alpha value is -1.95. The van der Waals surface area contributed by atoms with Gasteiger partial charge in [0.15, 0.2) is 11.5 Å². The largest absolute Gasteiger partial charge is 0.514 e. The van der Waals surface area contributed by atoms with E-state index in [1.54, 1.807) is 6.92 Å². The van der Waals surface area contributed by atoms with Crippen molar-refractivity contribution in [3.8, 4) is 17.2 Å². The molecule has 0 aliphatic carbocycles. The van der Waals surface area contributed by atoms with Crippen LogP contribution in [0.1, 0.15) is 17.3 Å². The highest BCUT2D eigenvalue weighted by Crippen LogP contribution is 2.39. The van der Waals surface area contributed by atoms with E-state index in [4.69, 9.17) is 25.8 Å². The van der Waals surface area contributed by atoms with Crippen LogP contribution in [0.15, 0.2) is 12.1 Å². The second-order valence-electron chi connectivity index (χ2n) is 3.27. The van der Waals surface area contributed by atoms with E-state index in [9.17, 15) is 9.59 Å². The molecule has 1 aromatic carbocycles. The minimum absolute atomic E-state index is 0.0186. The van der Waals surface area contributed by atoms with Gasteiger partial charge in [-0.3, -0.25) is 4.79 Å². The number of hydrogen-bond donors (Lipinski definition) is 0. The van der Waals surface area contributed by atoms with Gasteiger partial charge in [-0.15, -0.1) is 0 Å². The van der Waals surface area contributed by atoms with Crippen LogP contribution in [0.3, 0.4) is 0 Å². The van der Waals surface area contributed by atoms with E-state index in [1.165, 1.54) is 26.4 Å². The minimum Gasteiger partial charge on any atom is -0.493 e. The molecule has 0 bridgehead atoms. The quantitative estimate of drug-likeness (QED) is 0.471. The number of halogens is 1. The molecule has 0 aliphatic rings. The Morgan fingerprint density at radius 1 is 1.16 bits per heavy atom. The zero-order valence-corrected chi connectivity index (χ0v) is 11.4. The summed E-state index contributed by atoms with van der Waals surface area (Å²) in [6, 6.07) is 2.68. The summed E-state index contributed by atoms with van der Waals surface area (Å²) in [7, 11) is 2.71. The fraction of sp³-hybridized carbons (Fsp3) is 0.333. The van der Waals surface area contributed by atoms with Gasteiger partial charge in [-0.05, 0) is 30.7 Å². The van der Waals surface area contributed by atoms with Crippen LogP contribution in [-0.4, -0.2) is 32.2 Å². The zero-order chi connectivity index (χ0) is 14.4. The third-order valence-electron chi connectivity index (χ3n) is 2.14. The van der Waals surface area contributed by atoms with Gasteiger partial charge in [-0.25, -0.2) is 4.79 Å². The van der Waals surface area contributed by atoms with Gasteiger partial charge in [-0.1, -0.05) is 0 Å². The smallest absolute Gasteiger partial charge is 0.493 e. The van der Waals surface area contributed by atoms with Gasteiger partial charge in [0.25, 0.3) is 5.24 Å². The summed E-state index contributed by atoms with van der Waals surface area (Å²) >= 11 is 5.39. The monoisotopic (exact) mass is 288 g/mol. The lowest BCUT2D eigenvalue weighted by molar-refractivity contribution is 0.102. The summed E-state index contributed by atoms with van der Waals surface area (Å²) in [5.41, 5.74) is 0.159. The lowest BCUT2D eigenvalue weighted by atomic mass is 10.2. The van der Waals surface area contributed by atoms with Gasteiger partial charge >= 0.3 is 6.16 Å². The molecule has 0 amide bonds. The number of ether oxygens (including phenoxy) is 4. The number of rotatable bonds is 5. The highest BCUT2D eigenvalue weighted by atomic mass is 35.5. The van der Waals surface area contributed by atoms with Gasteiger partial charge in [0.1, 0.15) is 0 Å². The van der Waals surface area contributed by atoms with Crippen LogP contribution in [0, 0.1) is 0 Å². The van der Waals surface area contributed by atoms with Crippen molar-refractivity contribution in [2.75, 3.05) is 20.8 Å². The molecule has 19 heavy (non-hydrogen) atoms. The van der Waals surface area contributed by atoms with Crippen molar-refractivity contribution in [2.24, 2.45) is 0 Å². The average molecular weight is 289 g/mol. The molecule has 0 aromatic heterocycles. The number of carbonyl (C=O) groups excluding carboxylic acids is 2. The van der Waals surface area contributed by atoms with E-state index < -0.39 is 11.4 Å². The van der Waals surface area contributed by atoms with Gasteiger partial charge in [0.2, 0.25) is 5.75 Å². The van der Waals surface area contributed by atoms with Crippen LogP contribution >= 0.6 is 11.6 Å². The lowest BCUT2D eigenvalue weighted by Gasteiger charge is -2.13. The van der Waals surface area contributed by atoms with Gasteiger partial charge < -0.3 is 18.9 Å². The molecule has 0 spiro atoms. The molecule has 6 nitrogen and oxygen atoms in total. The standard InChI is InChI=1S/C12H13ClO6/c1-4-18-12(15)19-10-8(16-2)5-7(11(13)14)6-9(10)17-3/h5-6H,4H2,1-3H3. The fourth-order valence-electron chi connectivity index (χ4n) is 1.32. The Morgan fingerprint density at radius 3 is 2.05 bits per heavy atom. The molecule has 0 atom stereocenters. The van der Waals surface area contributed by atoms with Crippen LogP contribution in [0.4, 0.5) is 4.79 Å². The molecule has 1 aromatic rings. The molecule has 0 radical (unpaired) electrons. The summed E-state index contributed by atoms with van der Waals surface area (Å²) in [5.74, 6) is 0.290. The third-order valence-corrected chi connectivity index (χ3v) is 2.35. The van der Waals surface area contributed by atoms with Crippen LogP contribution in [-0.2, 0) is 4.74 Å². The van der Waals surface area contributed by atoms with Gasteiger partial charge in [-0.2, -0.15) is 0 Å². The van der Waals surface area contributed by atoms with E-state index in [2.05, 4.69) is 4.74 Å². The predicted octanol–water partition coefficient (Wildman–Crippen LogP) is 2.62. The molecule has 0 fully saturated rings. The first-order chi connectivity index (χ1) is 9.03.